The summed E-state index contributed by atoms with van der Waals surface area (Å²) >= 11 is 3.33. The predicted octanol–water partition coefficient (Wildman–Crippen LogP) is 1.87. The lowest BCUT2D eigenvalue weighted by Crippen LogP contribution is -2.30. The molecular formula is C11H14BrNO2. The van der Waals surface area contributed by atoms with Gasteiger partial charge in [-0.25, -0.2) is 0 Å². The van der Waals surface area contributed by atoms with Crippen LogP contribution in [0.15, 0.2) is 22.7 Å². The van der Waals surface area contributed by atoms with Gasteiger partial charge in [0.05, 0.1) is 6.10 Å². The van der Waals surface area contributed by atoms with Crippen molar-refractivity contribution in [1.29, 1.82) is 0 Å². The summed E-state index contributed by atoms with van der Waals surface area (Å²) in [7, 11) is 0. The molecule has 1 amide bonds. The van der Waals surface area contributed by atoms with E-state index in [0.717, 1.165) is 10.0 Å². The van der Waals surface area contributed by atoms with Crippen LogP contribution < -0.4 is 5.32 Å². The van der Waals surface area contributed by atoms with E-state index < -0.39 is 6.10 Å². The van der Waals surface area contributed by atoms with Crippen molar-refractivity contribution in [3.8, 4) is 0 Å². The van der Waals surface area contributed by atoms with Crippen LogP contribution in [0.3, 0.4) is 0 Å². The minimum atomic E-state index is -0.526. The molecule has 82 valence electrons. The Kier molecular flexibility index (Phi) is 4.29. The van der Waals surface area contributed by atoms with Gasteiger partial charge >= 0.3 is 0 Å². The molecule has 0 fully saturated rings. The highest BCUT2D eigenvalue weighted by Crippen LogP contribution is 2.15. The molecule has 1 aromatic rings. The van der Waals surface area contributed by atoms with E-state index in [0.29, 0.717) is 5.56 Å². The van der Waals surface area contributed by atoms with E-state index in [-0.39, 0.29) is 12.5 Å². The molecule has 0 bridgehead atoms. The molecule has 0 saturated carbocycles. The molecule has 4 heteroatoms. The van der Waals surface area contributed by atoms with Crippen molar-refractivity contribution in [2.75, 3.05) is 6.54 Å². The van der Waals surface area contributed by atoms with Crippen LogP contribution >= 0.6 is 15.9 Å². The Labute approximate surface area is 97.6 Å². The average Bonchev–Trinajstić information content (AvgIpc) is 2.12. The maximum atomic E-state index is 11.6. The van der Waals surface area contributed by atoms with Gasteiger partial charge in [0.2, 0.25) is 0 Å². The van der Waals surface area contributed by atoms with Gasteiger partial charge in [-0.2, -0.15) is 0 Å². The van der Waals surface area contributed by atoms with E-state index in [2.05, 4.69) is 21.2 Å². The summed E-state index contributed by atoms with van der Waals surface area (Å²) in [5.74, 6) is -0.166. The van der Waals surface area contributed by atoms with Crippen LogP contribution in [0.4, 0.5) is 0 Å². The van der Waals surface area contributed by atoms with Gasteiger partial charge in [-0.3, -0.25) is 4.79 Å². The Hall–Kier alpha value is -0.870. The van der Waals surface area contributed by atoms with Crippen LogP contribution in [0, 0.1) is 6.92 Å². The molecule has 3 nitrogen and oxygen atoms in total. The zero-order valence-corrected chi connectivity index (χ0v) is 10.3. The zero-order valence-electron chi connectivity index (χ0n) is 8.75. The number of aryl methyl sites for hydroxylation is 1. The molecule has 0 aromatic heterocycles. The molecule has 0 saturated heterocycles. The predicted molar refractivity (Wildman–Crippen MR) is 62.9 cm³/mol. The smallest absolute Gasteiger partial charge is 0.251 e. The first-order chi connectivity index (χ1) is 6.99. The Morgan fingerprint density at radius 1 is 1.53 bits per heavy atom. The van der Waals surface area contributed by atoms with Gasteiger partial charge in [0.1, 0.15) is 0 Å². The molecule has 0 aliphatic carbocycles. The van der Waals surface area contributed by atoms with Crippen LogP contribution in [0.25, 0.3) is 0 Å². The molecule has 15 heavy (non-hydrogen) atoms. The summed E-state index contributed by atoms with van der Waals surface area (Å²) in [5.41, 5.74) is 1.62. The summed E-state index contributed by atoms with van der Waals surface area (Å²) < 4.78 is 0.879. The first-order valence-corrected chi connectivity index (χ1v) is 5.52. The number of hydrogen-bond acceptors (Lipinski definition) is 2. The third kappa shape index (κ3) is 4.01. The number of aliphatic hydroxyl groups excluding tert-OH is 1. The summed E-state index contributed by atoms with van der Waals surface area (Å²) in [6.45, 7) is 3.83. The molecule has 1 atom stereocenters. The number of halogens is 1. The largest absolute Gasteiger partial charge is 0.392 e. The van der Waals surface area contributed by atoms with E-state index >= 15 is 0 Å². The maximum Gasteiger partial charge on any atom is 0.251 e. The fourth-order valence-corrected chi connectivity index (χ4v) is 1.82. The van der Waals surface area contributed by atoms with E-state index in [4.69, 9.17) is 5.11 Å². The van der Waals surface area contributed by atoms with Crippen molar-refractivity contribution >= 4 is 21.8 Å². The first kappa shape index (κ1) is 12.2. The highest BCUT2D eigenvalue weighted by molar-refractivity contribution is 9.10. The molecule has 0 aliphatic rings. The van der Waals surface area contributed by atoms with E-state index in [1.165, 1.54) is 0 Å². The summed E-state index contributed by atoms with van der Waals surface area (Å²) in [4.78, 5) is 11.6. The number of nitrogens with one attached hydrogen (secondary N) is 1. The van der Waals surface area contributed by atoms with Gasteiger partial charge < -0.3 is 10.4 Å². The number of aliphatic hydroxyl groups is 1. The Bertz CT molecular complexity index is 343. The van der Waals surface area contributed by atoms with Crippen LogP contribution in [0.5, 0.6) is 0 Å². The van der Waals surface area contributed by atoms with Crippen molar-refractivity contribution in [3.05, 3.63) is 33.8 Å². The van der Waals surface area contributed by atoms with Crippen molar-refractivity contribution < 1.29 is 9.90 Å². The third-order valence-corrected chi connectivity index (χ3v) is 2.32. The number of hydrogen-bond donors (Lipinski definition) is 2. The number of amides is 1. The summed E-state index contributed by atoms with van der Waals surface area (Å²) in [5, 5.41) is 11.7. The molecule has 0 unspecified atom stereocenters. The molecule has 0 spiro atoms. The Balaban J connectivity index is 2.73. The van der Waals surface area contributed by atoms with Gasteiger partial charge in [0.25, 0.3) is 5.91 Å². The number of carbonyl (C=O) groups excluding carboxylic acids is 1. The van der Waals surface area contributed by atoms with Gasteiger partial charge in [-0.15, -0.1) is 0 Å². The fourth-order valence-electron chi connectivity index (χ4n) is 1.21. The highest BCUT2D eigenvalue weighted by atomic mass is 79.9. The second-order valence-electron chi connectivity index (χ2n) is 3.58. The SMILES string of the molecule is Cc1cc(Br)cc(C(=O)NC[C@H](C)O)c1. The fraction of sp³-hybridized carbons (Fsp3) is 0.364. The number of benzene rings is 1. The Morgan fingerprint density at radius 2 is 2.20 bits per heavy atom. The van der Waals surface area contributed by atoms with Crippen LogP contribution in [-0.4, -0.2) is 23.7 Å². The lowest BCUT2D eigenvalue weighted by atomic mass is 10.1. The normalized spacial score (nSPS) is 12.3. The third-order valence-electron chi connectivity index (χ3n) is 1.86. The molecule has 1 aromatic carbocycles. The molecule has 1 rings (SSSR count). The lowest BCUT2D eigenvalue weighted by Gasteiger charge is -2.08. The maximum absolute atomic E-state index is 11.6. The second-order valence-corrected chi connectivity index (χ2v) is 4.49. The van der Waals surface area contributed by atoms with E-state index in [9.17, 15) is 4.79 Å². The molecular weight excluding hydrogens is 258 g/mol. The monoisotopic (exact) mass is 271 g/mol. The van der Waals surface area contributed by atoms with Crippen molar-refractivity contribution in [2.45, 2.75) is 20.0 Å². The quantitative estimate of drug-likeness (QED) is 0.882. The van der Waals surface area contributed by atoms with Gasteiger partial charge in [-0.1, -0.05) is 15.9 Å². The minimum absolute atomic E-state index is 0.166. The lowest BCUT2D eigenvalue weighted by molar-refractivity contribution is 0.0924. The van der Waals surface area contributed by atoms with Crippen LogP contribution in [0.2, 0.25) is 0 Å². The topological polar surface area (TPSA) is 49.3 Å². The number of rotatable bonds is 3. The zero-order chi connectivity index (χ0) is 11.4. The Morgan fingerprint density at radius 3 is 2.73 bits per heavy atom. The van der Waals surface area contributed by atoms with Crippen LogP contribution in [-0.2, 0) is 0 Å². The van der Waals surface area contributed by atoms with Crippen molar-refractivity contribution in [2.24, 2.45) is 0 Å². The number of carbonyl (C=O) groups is 1. The summed E-state index contributed by atoms with van der Waals surface area (Å²) in [6.07, 6.45) is -0.526. The van der Waals surface area contributed by atoms with Crippen LogP contribution in [0.1, 0.15) is 22.8 Å². The summed E-state index contributed by atoms with van der Waals surface area (Å²) in [6, 6.07) is 5.50. The second kappa shape index (κ2) is 5.28. The standard InChI is InChI=1S/C11H14BrNO2/c1-7-3-9(5-10(12)4-7)11(15)13-6-8(2)14/h3-5,8,14H,6H2,1-2H3,(H,13,15)/t8-/m0/s1. The molecule has 0 heterocycles. The minimum Gasteiger partial charge on any atom is -0.392 e. The van der Waals surface area contributed by atoms with Gasteiger partial charge in [0.15, 0.2) is 0 Å². The van der Waals surface area contributed by atoms with E-state index in [1.807, 2.05) is 19.1 Å². The van der Waals surface area contributed by atoms with Gasteiger partial charge in [0, 0.05) is 16.6 Å². The van der Waals surface area contributed by atoms with Gasteiger partial charge in [-0.05, 0) is 37.6 Å². The van der Waals surface area contributed by atoms with Crippen molar-refractivity contribution in [3.63, 3.8) is 0 Å². The average molecular weight is 272 g/mol. The molecule has 0 aliphatic heterocycles. The molecule has 0 radical (unpaired) electrons. The molecule has 2 N–H and O–H groups in total. The first-order valence-electron chi connectivity index (χ1n) is 4.72. The van der Waals surface area contributed by atoms with Crippen molar-refractivity contribution in [1.82, 2.24) is 5.32 Å². The van der Waals surface area contributed by atoms with E-state index in [1.54, 1.807) is 13.0 Å². The highest BCUT2D eigenvalue weighted by Gasteiger charge is 2.07.